The topological polar surface area (TPSA) is 0 Å². The lowest BCUT2D eigenvalue weighted by Crippen LogP contribution is -1.95. The van der Waals surface area contributed by atoms with Crippen molar-refractivity contribution in [3.8, 4) is 11.1 Å². The van der Waals surface area contributed by atoms with Crippen LogP contribution in [0.15, 0.2) is 85.0 Å². The van der Waals surface area contributed by atoms with Gasteiger partial charge < -0.3 is 0 Å². The zero-order valence-corrected chi connectivity index (χ0v) is 15.2. The second kappa shape index (κ2) is 8.08. The second-order valence-corrected chi connectivity index (χ2v) is 5.74. The van der Waals surface area contributed by atoms with Crippen molar-refractivity contribution >= 4 is 20.4 Å². The van der Waals surface area contributed by atoms with Gasteiger partial charge in [0.2, 0.25) is 0 Å². The molecule has 2 aromatic rings. The molecule has 2 aromatic carbocycles. The molecule has 0 bridgehead atoms. The third-order valence-electron chi connectivity index (χ3n) is 4.36. The average Bonchev–Trinajstić information content (AvgIpc) is 3.37. The average molecular weight is 330 g/mol. The zero-order chi connectivity index (χ0) is 16.8. The Hall–Kier alpha value is -2.17. The molecular formula is C23H23P. The highest BCUT2D eigenvalue weighted by atomic mass is 31.0. The van der Waals surface area contributed by atoms with E-state index in [1.165, 1.54) is 33.4 Å². The maximum absolute atomic E-state index is 2.42. The first-order chi connectivity index (χ1) is 11.9. The molecule has 4 rings (SSSR count). The molecule has 1 atom stereocenters. The maximum atomic E-state index is 2.42. The van der Waals surface area contributed by atoms with E-state index in [9.17, 15) is 0 Å². The standard InChI is InChI=1S/C22H18.CH5P/c1-2-9-17(10-3-1)20-15-8-16-21(18-11-4-5-12-18)22(20)19-13-6-7-14-19;1-2/h1-11,13,15-16H,12,14H2;2H2,1H3. The monoisotopic (exact) mass is 330 g/mol. The van der Waals surface area contributed by atoms with Crippen LogP contribution in [-0.2, 0) is 0 Å². The molecule has 120 valence electrons. The predicted molar refractivity (Wildman–Crippen MR) is 111 cm³/mol. The normalized spacial score (nSPS) is 14.9. The SMILES string of the molecule is C1=CCC(c2cccc(-c3ccccc3)c2C2=CC=CC2)=C1.CP. The molecule has 0 nitrogen and oxygen atoms in total. The summed E-state index contributed by atoms with van der Waals surface area (Å²) >= 11 is 0. The minimum absolute atomic E-state index is 1.03. The molecule has 2 aliphatic carbocycles. The minimum Gasteiger partial charge on any atom is -0.141 e. The predicted octanol–water partition coefficient (Wildman–Crippen LogP) is 6.53. The highest BCUT2D eigenvalue weighted by Gasteiger charge is 2.17. The van der Waals surface area contributed by atoms with E-state index in [1.54, 1.807) is 0 Å². The summed E-state index contributed by atoms with van der Waals surface area (Å²) < 4.78 is 0. The second-order valence-electron chi connectivity index (χ2n) is 5.74. The Morgan fingerprint density at radius 2 is 1.29 bits per heavy atom. The molecule has 0 fully saturated rings. The number of hydrogen-bond acceptors (Lipinski definition) is 0. The summed E-state index contributed by atoms with van der Waals surface area (Å²) in [4.78, 5) is 0. The van der Waals surface area contributed by atoms with E-state index in [-0.39, 0.29) is 0 Å². The zero-order valence-electron chi connectivity index (χ0n) is 14.1. The van der Waals surface area contributed by atoms with Crippen LogP contribution in [0, 0.1) is 0 Å². The summed E-state index contributed by atoms with van der Waals surface area (Å²) in [6.07, 6.45) is 15.4. The molecule has 24 heavy (non-hydrogen) atoms. The van der Waals surface area contributed by atoms with Crippen LogP contribution in [0.4, 0.5) is 0 Å². The van der Waals surface area contributed by atoms with Crippen LogP contribution in [-0.4, -0.2) is 6.66 Å². The Morgan fingerprint density at radius 1 is 0.667 bits per heavy atom. The Kier molecular flexibility index (Phi) is 5.62. The summed E-state index contributed by atoms with van der Waals surface area (Å²) in [5.41, 5.74) is 8.23. The summed E-state index contributed by atoms with van der Waals surface area (Å²) in [7, 11) is 2.42. The van der Waals surface area contributed by atoms with E-state index in [4.69, 9.17) is 0 Å². The lowest BCUT2D eigenvalue weighted by molar-refractivity contribution is 1.37. The van der Waals surface area contributed by atoms with Gasteiger partial charge in [0.05, 0.1) is 0 Å². The number of allylic oxidation sites excluding steroid dienone is 8. The van der Waals surface area contributed by atoms with Gasteiger partial charge in [-0.25, -0.2) is 0 Å². The maximum Gasteiger partial charge on any atom is -0.00673 e. The molecule has 0 spiro atoms. The van der Waals surface area contributed by atoms with Crippen LogP contribution < -0.4 is 0 Å². The fourth-order valence-electron chi connectivity index (χ4n) is 3.30. The number of rotatable bonds is 3. The van der Waals surface area contributed by atoms with Gasteiger partial charge in [-0.05, 0) is 46.2 Å². The van der Waals surface area contributed by atoms with Crippen molar-refractivity contribution in [1.82, 2.24) is 0 Å². The van der Waals surface area contributed by atoms with Crippen LogP contribution in [0.25, 0.3) is 22.3 Å². The smallest absolute Gasteiger partial charge is 0.00673 e. The molecule has 0 aliphatic heterocycles. The molecule has 0 heterocycles. The van der Waals surface area contributed by atoms with Gasteiger partial charge in [-0.15, -0.1) is 9.24 Å². The summed E-state index contributed by atoms with van der Waals surface area (Å²) in [6.45, 7) is 1.92. The molecule has 2 aliphatic rings. The van der Waals surface area contributed by atoms with Gasteiger partial charge >= 0.3 is 0 Å². The van der Waals surface area contributed by atoms with Crippen molar-refractivity contribution < 1.29 is 0 Å². The first-order valence-corrected chi connectivity index (χ1v) is 9.57. The molecule has 0 N–H and O–H groups in total. The Labute approximate surface area is 147 Å². The molecule has 0 amide bonds. The van der Waals surface area contributed by atoms with Gasteiger partial charge in [-0.2, -0.15) is 0 Å². The fraction of sp³-hybridized carbons (Fsp3) is 0.130. The molecular weight excluding hydrogens is 307 g/mol. The van der Waals surface area contributed by atoms with Crippen molar-refractivity contribution in [2.24, 2.45) is 0 Å². The van der Waals surface area contributed by atoms with Crippen LogP contribution in [0.2, 0.25) is 0 Å². The van der Waals surface area contributed by atoms with Crippen LogP contribution in [0.1, 0.15) is 24.0 Å². The molecule has 0 saturated carbocycles. The summed E-state index contributed by atoms with van der Waals surface area (Å²) in [5.74, 6) is 0. The van der Waals surface area contributed by atoms with Gasteiger partial charge in [0.25, 0.3) is 0 Å². The third-order valence-corrected chi connectivity index (χ3v) is 4.36. The van der Waals surface area contributed by atoms with Gasteiger partial charge in [-0.1, -0.05) is 91.7 Å². The van der Waals surface area contributed by atoms with Crippen LogP contribution in [0.3, 0.4) is 0 Å². The van der Waals surface area contributed by atoms with E-state index >= 15 is 0 Å². The third kappa shape index (κ3) is 3.35. The highest BCUT2D eigenvalue weighted by molar-refractivity contribution is 7.15. The van der Waals surface area contributed by atoms with Gasteiger partial charge in [0, 0.05) is 0 Å². The van der Waals surface area contributed by atoms with Crippen molar-refractivity contribution in [3.05, 3.63) is 96.1 Å². The van der Waals surface area contributed by atoms with E-state index < -0.39 is 0 Å². The van der Waals surface area contributed by atoms with Gasteiger partial charge in [0.15, 0.2) is 0 Å². The first kappa shape index (κ1) is 16.7. The van der Waals surface area contributed by atoms with E-state index in [0.717, 1.165) is 12.8 Å². The summed E-state index contributed by atoms with van der Waals surface area (Å²) in [6, 6.07) is 17.4. The minimum atomic E-state index is 1.03. The van der Waals surface area contributed by atoms with Gasteiger partial charge in [0.1, 0.15) is 0 Å². The van der Waals surface area contributed by atoms with Crippen LogP contribution in [0.5, 0.6) is 0 Å². The molecule has 0 radical (unpaired) electrons. The quantitative estimate of drug-likeness (QED) is 0.561. The number of hydrogen-bond donors (Lipinski definition) is 0. The summed E-state index contributed by atoms with van der Waals surface area (Å²) in [5, 5.41) is 0. The fourth-order valence-corrected chi connectivity index (χ4v) is 3.30. The molecule has 1 unspecified atom stereocenters. The molecule has 1 heteroatoms. The van der Waals surface area contributed by atoms with Gasteiger partial charge in [-0.3, -0.25) is 0 Å². The van der Waals surface area contributed by atoms with E-state index in [2.05, 4.69) is 94.2 Å². The first-order valence-electron chi connectivity index (χ1n) is 8.42. The lowest BCUT2D eigenvalue weighted by atomic mass is 9.86. The Morgan fingerprint density at radius 3 is 1.92 bits per heavy atom. The Bertz CT molecular complexity index is 820. The van der Waals surface area contributed by atoms with E-state index in [0.29, 0.717) is 0 Å². The van der Waals surface area contributed by atoms with Crippen molar-refractivity contribution in [3.63, 3.8) is 0 Å². The highest BCUT2D eigenvalue weighted by Crippen LogP contribution is 2.39. The van der Waals surface area contributed by atoms with E-state index in [1.807, 2.05) is 6.66 Å². The van der Waals surface area contributed by atoms with Crippen LogP contribution >= 0.6 is 9.24 Å². The number of benzene rings is 2. The van der Waals surface area contributed by atoms with Crippen molar-refractivity contribution in [2.75, 3.05) is 6.66 Å². The molecule has 0 saturated heterocycles. The van der Waals surface area contributed by atoms with Crippen molar-refractivity contribution in [1.29, 1.82) is 0 Å². The molecule has 0 aromatic heterocycles. The van der Waals surface area contributed by atoms with Crippen molar-refractivity contribution in [2.45, 2.75) is 12.8 Å². The lowest BCUT2D eigenvalue weighted by Gasteiger charge is -2.17. The largest absolute Gasteiger partial charge is 0.141 e. The Balaban J connectivity index is 0.000000815.